The van der Waals surface area contributed by atoms with Crippen LogP contribution in [0.3, 0.4) is 0 Å². The summed E-state index contributed by atoms with van der Waals surface area (Å²) in [7, 11) is 1.72. The van der Waals surface area contributed by atoms with Gasteiger partial charge < -0.3 is 9.32 Å². The van der Waals surface area contributed by atoms with E-state index in [1.807, 2.05) is 0 Å². The monoisotopic (exact) mass is 274 g/mol. The molecule has 3 rings (SSSR count). The summed E-state index contributed by atoms with van der Waals surface area (Å²) in [6.07, 6.45) is 1.77. The lowest BCUT2D eigenvalue weighted by Gasteiger charge is -2.16. The van der Waals surface area contributed by atoms with Crippen LogP contribution in [0.15, 0.2) is 46.0 Å². The Kier molecular flexibility index (Phi) is 2.87. The summed E-state index contributed by atoms with van der Waals surface area (Å²) in [6, 6.07) is 8.87. The normalized spacial score (nSPS) is 14.9. The molecule has 0 N–H and O–H groups in total. The molecule has 0 unspecified atom stereocenters. The van der Waals surface area contributed by atoms with Crippen LogP contribution in [0.1, 0.15) is 12.2 Å². The largest absolute Gasteiger partial charge is 0.463 e. The van der Waals surface area contributed by atoms with Crippen molar-refractivity contribution >= 4 is 34.6 Å². The summed E-state index contributed by atoms with van der Waals surface area (Å²) in [5, 5.41) is 0.579. The molecule has 0 spiro atoms. The van der Waals surface area contributed by atoms with Gasteiger partial charge in [-0.2, -0.15) is 0 Å². The SMILES string of the molecule is CN1C(=O)CC(c2ccco2)=Nc2ccc(Cl)cc21. The maximum atomic E-state index is 12.2. The number of benzene rings is 1. The number of nitrogens with zero attached hydrogens (tertiary/aromatic N) is 2. The number of amides is 1. The van der Waals surface area contributed by atoms with Crippen molar-refractivity contribution < 1.29 is 9.21 Å². The summed E-state index contributed by atoms with van der Waals surface area (Å²) < 4.78 is 5.32. The van der Waals surface area contributed by atoms with E-state index in [-0.39, 0.29) is 12.3 Å². The molecule has 0 fully saturated rings. The molecule has 19 heavy (non-hydrogen) atoms. The van der Waals surface area contributed by atoms with Crippen molar-refractivity contribution in [3.63, 3.8) is 0 Å². The van der Waals surface area contributed by atoms with Crippen LogP contribution in [0.25, 0.3) is 0 Å². The van der Waals surface area contributed by atoms with Gasteiger partial charge in [0.2, 0.25) is 5.91 Å². The predicted octanol–water partition coefficient (Wildman–Crippen LogP) is 3.42. The molecule has 0 bridgehead atoms. The number of carbonyl (C=O) groups excluding carboxylic acids is 1. The second-order valence-electron chi connectivity index (χ2n) is 4.30. The van der Waals surface area contributed by atoms with E-state index in [1.54, 1.807) is 48.5 Å². The molecule has 96 valence electrons. The average Bonchev–Trinajstić information content (AvgIpc) is 2.89. The zero-order chi connectivity index (χ0) is 13.4. The molecule has 0 atom stereocenters. The van der Waals surface area contributed by atoms with E-state index in [0.29, 0.717) is 27.9 Å². The molecule has 1 aliphatic heterocycles. The summed E-state index contributed by atoms with van der Waals surface area (Å²) >= 11 is 5.97. The smallest absolute Gasteiger partial charge is 0.232 e. The van der Waals surface area contributed by atoms with Crippen LogP contribution in [-0.2, 0) is 4.79 Å². The molecular weight excluding hydrogens is 264 g/mol. The van der Waals surface area contributed by atoms with Crippen LogP contribution in [0.2, 0.25) is 5.02 Å². The summed E-state index contributed by atoms with van der Waals surface area (Å²) in [5.74, 6) is 0.570. The topological polar surface area (TPSA) is 45.8 Å². The van der Waals surface area contributed by atoms with Gasteiger partial charge in [-0.15, -0.1) is 0 Å². The Balaban J connectivity index is 2.16. The maximum Gasteiger partial charge on any atom is 0.232 e. The van der Waals surface area contributed by atoms with Crippen LogP contribution in [0.4, 0.5) is 11.4 Å². The Hall–Kier alpha value is -2.07. The molecule has 0 saturated carbocycles. The van der Waals surface area contributed by atoms with Crippen molar-refractivity contribution in [1.29, 1.82) is 0 Å². The molecule has 2 aromatic rings. The Labute approximate surface area is 115 Å². The Morgan fingerprint density at radius 3 is 2.95 bits per heavy atom. The summed E-state index contributed by atoms with van der Waals surface area (Å²) in [6.45, 7) is 0. The number of halogens is 1. The third-order valence-electron chi connectivity index (χ3n) is 3.05. The van der Waals surface area contributed by atoms with E-state index in [9.17, 15) is 4.79 Å². The minimum atomic E-state index is -0.0452. The van der Waals surface area contributed by atoms with Crippen molar-refractivity contribution in [2.24, 2.45) is 4.99 Å². The van der Waals surface area contributed by atoms with Crippen molar-refractivity contribution in [2.45, 2.75) is 6.42 Å². The first-order valence-electron chi connectivity index (χ1n) is 5.83. The molecule has 2 heterocycles. The van der Waals surface area contributed by atoms with Gasteiger partial charge >= 0.3 is 0 Å². The highest BCUT2D eigenvalue weighted by atomic mass is 35.5. The number of hydrogen-bond acceptors (Lipinski definition) is 3. The van der Waals surface area contributed by atoms with E-state index < -0.39 is 0 Å². The zero-order valence-corrected chi connectivity index (χ0v) is 11.0. The lowest BCUT2D eigenvalue weighted by molar-refractivity contribution is -0.117. The first-order chi connectivity index (χ1) is 9.15. The number of aliphatic imine (C=N–C) groups is 1. The Bertz CT molecular complexity index is 662. The fraction of sp³-hybridized carbons (Fsp3) is 0.143. The highest BCUT2D eigenvalue weighted by Crippen LogP contribution is 2.34. The lowest BCUT2D eigenvalue weighted by atomic mass is 10.2. The van der Waals surface area contributed by atoms with Gasteiger partial charge in [-0.25, -0.2) is 4.99 Å². The quantitative estimate of drug-likeness (QED) is 0.800. The number of carbonyl (C=O) groups is 1. The van der Waals surface area contributed by atoms with Crippen LogP contribution in [0.5, 0.6) is 0 Å². The second kappa shape index (κ2) is 4.55. The number of furan rings is 1. The lowest BCUT2D eigenvalue weighted by Crippen LogP contribution is -2.26. The standard InChI is InChI=1S/C14H11ClN2O2/c1-17-12-7-9(15)4-5-10(12)16-11(8-14(17)18)13-3-2-6-19-13/h2-7H,8H2,1H3. The van der Waals surface area contributed by atoms with Crippen molar-refractivity contribution in [3.8, 4) is 0 Å². The fourth-order valence-electron chi connectivity index (χ4n) is 2.03. The molecule has 5 heteroatoms. The van der Waals surface area contributed by atoms with E-state index in [4.69, 9.17) is 16.0 Å². The fourth-order valence-corrected chi connectivity index (χ4v) is 2.19. The molecule has 1 aliphatic rings. The van der Waals surface area contributed by atoms with Gasteiger partial charge in [0, 0.05) is 12.1 Å². The van der Waals surface area contributed by atoms with E-state index in [0.717, 1.165) is 0 Å². The highest BCUT2D eigenvalue weighted by molar-refractivity contribution is 6.31. The average molecular weight is 275 g/mol. The predicted molar refractivity (Wildman–Crippen MR) is 74.4 cm³/mol. The minimum absolute atomic E-state index is 0.0452. The van der Waals surface area contributed by atoms with Gasteiger partial charge in [-0.05, 0) is 30.3 Å². The van der Waals surface area contributed by atoms with E-state index in [1.165, 1.54) is 0 Å². The number of rotatable bonds is 1. The van der Waals surface area contributed by atoms with Crippen molar-refractivity contribution in [2.75, 3.05) is 11.9 Å². The van der Waals surface area contributed by atoms with Gasteiger partial charge in [0.1, 0.15) is 5.76 Å². The Morgan fingerprint density at radius 2 is 2.21 bits per heavy atom. The number of fused-ring (bicyclic) bond motifs is 1. The molecule has 1 amide bonds. The molecule has 4 nitrogen and oxygen atoms in total. The van der Waals surface area contributed by atoms with Crippen molar-refractivity contribution in [3.05, 3.63) is 47.4 Å². The molecule has 0 radical (unpaired) electrons. The maximum absolute atomic E-state index is 12.2. The number of hydrogen-bond donors (Lipinski definition) is 0. The van der Waals surface area contributed by atoms with Crippen LogP contribution in [0, 0.1) is 0 Å². The first kappa shape index (κ1) is 12.0. The third kappa shape index (κ3) is 2.15. The molecular formula is C14H11ClN2O2. The second-order valence-corrected chi connectivity index (χ2v) is 4.73. The van der Waals surface area contributed by atoms with Gasteiger partial charge in [0.15, 0.2) is 0 Å². The van der Waals surface area contributed by atoms with Gasteiger partial charge in [0.05, 0.1) is 29.8 Å². The van der Waals surface area contributed by atoms with Gasteiger partial charge in [-0.3, -0.25) is 4.79 Å². The highest BCUT2D eigenvalue weighted by Gasteiger charge is 2.23. The van der Waals surface area contributed by atoms with Crippen LogP contribution < -0.4 is 4.90 Å². The molecule has 1 aromatic carbocycles. The number of anilines is 1. The van der Waals surface area contributed by atoms with Crippen LogP contribution >= 0.6 is 11.6 Å². The minimum Gasteiger partial charge on any atom is -0.463 e. The van der Waals surface area contributed by atoms with E-state index >= 15 is 0 Å². The first-order valence-corrected chi connectivity index (χ1v) is 6.20. The van der Waals surface area contributed by atoms with Crippen LogP contribution in [-0.4, -0.2) is 18.7 Å². The van der Waals surface area contributed by atoms with E-state index in [2.05, 4.69) is 4.99 Å². The zero-order valence-electron chi connectivity index (χ0n) is 10.3. The van der Waals surface area contributed by atoms with Gasteiger partial charge in [-0.1, -0.05) is 11.6 Å². The molecule has 0 aliphatic carbocycles. The molecule has 0 saturated heterocycles. The summed E-state index contributed by atoms with van der Waals surface area (Å²) in [4.78, 5) is 18.2. The molecule has 1 aromatic heterocycles. The summed E-state index contributed by atoms with van der Waals surface area (Å²) in [5.41, 5.74) is 2.05. The Morgan fingerprint density at radius 1 is 1.37 bits per heavy atom. The van der Waals surface area contributed by atoms with Crippen molar-refractivity contribution in [1.82, 2.24) is 0 Å². The van der Waals surface area contributed by atoms with Gasteiger partial charge in [0.25, 0.3) is 0 Å². The third-order valence-corrected chi connectivity index (χ3v) is 3.29.